The first-order valence-electron chi connectivity index (χ1n) is 7.27. The molecule has 1 heterocycles. The van der Waals surface area contributed by atoms with Gasteiger partial charge in [0.25, 0.3) is 0 Å². The zero-order valence-corrected chi connectivity index (χ0v) is 11.8. The number of carboxylic acids is 1. The lowest BCUT2D eigenvalue weighted by molar-refractivity contribution is -0.142. The molecule has 0 bridgehead atoms. The topological polar surface area (TPSA) is 86.7 Å². The van der Waals surface area contributed by atoms with Crippen molar-refractivity contribution in [2.45, 2.75) is 45.1 Å². The minimum absolute atomic E-state index is 0.115. The smallest absolute Gasteiger partial charge is 0.308 e. The monoisotopic (exact) mass is 282 g/mol. The SMILES string of the molecule is CC(=O)N[C@H](C(=O)N1CC[C@@H](C(=O)O)C1)C1CCCC1. The molecule has 20 heavy (non-hydrogen) atoms. The van der Waals surface area contributed by atoms with E-state index in [4.69, 9.17) is 5.11 Å². The second-order valence-corrected chi connectivity index (χ2v) is 5.83. The van der Waals surface area contributed by atoms with Crippen LogP contribution in [-0.4, -0.2) is 46.9 Å². The van der Waals surface area contributed by atoms with Crippen LogP contribution in [0.15, 0.2) is 0 Å². The van der Waals surface area contributed by atoms with E-state index >= 15 is 0 Å². The molecular formula is C14H22N2O4. The van der Waals surface area contributed by atoms with E-state index in [0.717, 1.165) is 25.7 Å². The highest BCUT2D eigenvalue weighted by atomic mass is 16.4. The van der Waals surface area contributed by atoms with Crippen molar-refractivity contribution < 1.29 is 19.5 Å². The highest BCUT2D eigenvalue weighted by molar-refractivity contribution is 5.88. The number of carboxylic acid groups (broad SMARTS) is 1. The van der Waals surface area contributed by atoms with Crippen molar-refractivity contribution in [1.29, 1.82) is 0 Å². The van der Waals surface area contributed by atoms with Crippen LogP contribution >= 0.6 is 0 Å². The van der Waals surface area contributed by atoms with Crippen LogP contribution in [-0.2, 0) is 14.4 Å². The number of nitrogens with one attached hydrogen (secondary N) is 1. The molecule has 2 rings (SSSR count). The Morgan fingerprint density at radius 2 is 1.85 bits per heavy atom. The molecule has 0 aromatic carbocycles. The number of carbonyl (C=O) groups is 3. The number of carbonyl (C=O) groups excluding carboxylic acids is 2. The van der Waals surface area contributed by atoms with E-state index in [-0.39, 0.29) is 24.3 Å². The second kappa shape index (κ2) is 6.24. The second-order valence-electron chi connectivity index (χ2n) is 5.83. The Kier molecular flexibility index (Phi) is 4.62. The molecule has 6 heteroatoms. The lowest BCUT2D eigenvalue weighted by atomic mass is 9.96. The Labute approximate surface area is 118 Å². The highest BCUT2D eigenvalue weighted by Crippen LogP contribution is 2.29. The minimum Gasteiger partial charge on any atom is -0.481 e. The van der Waals surface area contributed by atoms with Crippen molar-refractivity contribution in [1.82, 2.24) is 10.2 Å². The van der Waals surface area contributed by atoms with Crippen molar-refractivity contribution >= 4 is 17.8 Å². The summed E-state index contributed by atoms with van der Waals surface area (Å²) >= 11 is 0. The molecule has 1 saturated carbocycles. The first-order chi connectivity index (χ1) is 9.49. The normalized spacial score (nSPS) is 24.6. The van der Waals surface area contributed by atoms with Gasteiger partial charge in [0, 0.05) is 20.0 Å². The third-order valence-corrected chi connectivity index (χ3v) is 4.35. The summed E-state index contributed by atoms with van der Waals surface area (Å²) in [6.45, 7) is 2.15. The molecular weight excluding hydrogens is 260 g/mol. The van der Waals surface area contributed by atoms with Crippen LogP contribution < -0.4 is 5.32 Å². The van der Waals surface area contributed by atoms with E-state index in [9.17, 15) is 14.4 Å². The lowest BCUT2D eigenvalue weighted by Crippen LogP contribution is -2.51. The van der Waals surface area contributed by atoms with E-state index in [1.165, 1.54) is 6.92 Å². The molecule has 0 aromatic heterocycles. The van der Waals surface area contributed by atoms with E-state index < -0.39 is 17.9 Å². The van der Waals surface area contributed by atoms with Gasteiger partial charge in [-0.25, -0.2) is 0 Å². The number of hydrogen-bond donors (Lipinski definition) is 2. The Balaban J connectivity index is 2.02. The van der Waals surface area contributed by atoms with Gasteiger partial charge in [-0.05, 0) is 25.2 Å². The number of nitrogens with zero attached hydrogens (tertiary/aromatic N) is 1. The van der Waals surface area contributed by atoms with Crippen molar-refractivity contribution in [2.75, 3.05) is 13.1 Å². The summed E-state index contributed by atoms with van der Waals surface area (Å²) in [7, 11) is 0. The Morgan fingerprint density at radius 3 is 2.35 bits per heavy atom. The maximum absolute atomic E-state index is 12.6. The standard InChI is InChI=1S/C14H22N2O4/c1-9(17)15-12(10-4-2-3-5-10)13(18)16-7-6-11(8-16)14(19)20/h10-12H,2-8H2,1H3,(H,15,17)(H,19,20)/t11-,12+/m1/s1. The number of likely N-dealkylation sites (tertiary alicyclic amines) is 1. The molecule has 0 radical (unpaired) electrons. The Bertz CT molecular complexity index is 404. The van der Waals surface area contributed by atoms with Crippen molar-refractivity contribution in [2.24, 2.45) is 11.8 Å². The quantitative estimate of drug-likeness (QED) is 0.791. The third-order valence-electron chi connectivity index (χ3n) is 4.35. The molecule has 2 amide bonds. The van der Waals surface area contributed by atoms with E-state index in [1.54, 1.807) is 4.90 Å². The molecule has 1 aliphatic carbocycles. The molecule has 6 nitrogen and oxygen atoms in total. The Morgan fingerprint density at radius 1 is 1.20 bits per heavy atom. The van der Waals surface area contributed by atoms with Gasteiger partial charge in [0.15, 0.2) is 0 Å². The maximum Gasteiger partial charge on any atom is 0.308 e. The number of rotatable bonds is 4. The van der Waals surface area contributed by atoms with Crippen LogP contribution in [0.1, 0.15) is 39.0 Å². The summed E-state index contributed by atoms with van der Waals surface area (Å²) in [6, 6.07) is -0.484. The van der Waals surface area contributed by atoms with Crippen LogP contribution in [0.25, 0.3) is 0 Å². The van der Waals surface area contributed by atoms with E-state index in [1.807, 2.05) is 0 Å². The predicted molar refractivity (Wildman–Crippen MR) is 71.9 cm³/mol. The van der Waals surface area contributed by atoms with Crippen LogP contribution in [0.5, 0.6) is 0 Å². The average Bonchev–Trinajstić information content (AvgIpc) is 3.05. The van der Waals surface area contributed by atoms with Crippen molar-refractivity contribution in [3.63, 3.8) is 0 Å². The summed E-state index contributed by atoms with van der Waals surface area (Å²) in [5.41, 5.74) is 0. The van der Waals surface area contributed by atoms with Gasteiger partial charge in [-0.1, -0.05) is 12.8 Å². The molecule has 2 atom stereocenters. The van der Waals surface area contributed by atoms with Crippen LogP contribution in [0.4, 0.5) is 0 Å². The number of aliphatic carboxylic acids is 1. The minimum atomic E-state index is -0.850. The van der Waals surface area contributed by atoms with Gasteiger partial charge in [0.2, 0.25) is 11.8 Å². The predicted octanol–water partition coefficient (Wildman–Crippen LogP) is 0.614. The average molecular weight is 282 g/mol. The lowest BCUT2D eigenvalue weighted by Gasteiger charge is -2.28. The fourth-order valence-electron chi connectivity index (χ4n) is 3.25. The summed E-state index contributed by atoms with van der Waals surface area (Å²) in [4.78, 5) is 36.4. The van der Waals surface area contributed by atoms with Crippen molar-refractivity contribution in [3.8, 4) is 0 Å². The molecule has 112 valence electrons. The molecule has 2 fully saturated rings. The Hall–Kier alpha value is -1.59. The molecule has 1 saturated heterocycles. The van der Waals surface area contributed by atoms with Gasteiger partial charge < -0.3 is 15.3 Å². The van der Waals surface area contributed by atoms with Gasteiger partial charge in [0.1, 0.15) is 6.04 Å². The van der Waals surface area contributed by atoms with Gasteiger partial charge >= 0.3 is 5.97 Å². The molecule has 2 aliphatic rings. The van der Waals surface area contributed by atoms with Gasteiger partial charge in [-0.2, -0.15) is 0 Å². The van der Waals surface area contributed by atoms with Gasteiger partial charge in [-0.3, -0.25) is 14.4 Å². The van der Waals surface area contributed by atoms with Crippen molar-refractivity contribution in [3.05, 3.63) is 0 Å². The zero-order valence-electron chi connectivity index (χ0n) is 11.8. The van der Waals surface area contributed by atoms with E-state index in [2.05, 4.69) is 5.32 Å². The molecule has 2 N–H and O–H groups in total. The molecule has 0 unspecified atom stereocenters. The summed E-state index contributed by atoms with van der Waals surface area (Å²) in [6.07, 6.45) is 4.58. The third kappa shape index (κ3) is 3.29. The molecule has 0 spiro atoms. The highest BCUT2D eigenvalue weighted by Gasteiger charge is 2.38. The first-order valence-corrected chi connectivity index (χ1v) is 7.27. The maximum atomic E-state index is 12.6. The molecule has 1 aliphatic heterocycles. The van der Waals surface area contributed by atoms with Gasteiger partial charge in [-0.15, -0.1) is 0 Å². The number of amides is 2. The summed E-state index contributed by atoms with van der Waals surface area (Å²) < 4.78 is 0. The summed E-state index contributed by atoms with van der Waals surface area (Å²) in [5, 5.41) is 11.8. The van der Waals surface area contributed by atoms with Crippen LogP contribution in [0.3, 0.4) is 0 Å². The number of hydrogen-bond acceptors (Lipinski definition) is 3. The zero-order chi connectivity index (χ0) is 14.7. The molecule has 0 aromatic rings. The van der Waals surface area contributed by atoms with E-state index in [0.29, 0.717) is 13.0 Å². The fraction of sp³-hybridized carbons (Fsp3) is 0.786. The van der Waals surface area contributed by atoms with Gasteiger partial charge in [0.05, 0.1) is 5.92 Å². The summed E-state index contributed by atoms with van der Waals surface area (Å²) in [5.74, 6) is -1.45. The van der Waals surface area contributed by atoms with Crippen LogP contribution in [0.2, 0.25) is 0 Å². The first kappa shape index (κ1) is 14.8. The largest absolute Gasteiger partial charge is 0.481 e. The van der Waals surface area contributed by atoms with Crippen LogP contribution in [0, 0.1) is 11.8 Å². The fourth-order valence-corrected chi connectivity index (χ4v) is 3.25.